The minimum Gasteiger partial charge on any atom is -0.480 e. The third-order valence-corrected chi connectivity index (χ3v) is 3.50. The summed E-state index contributed by atoms with van der Waals surface area (Å²) in [5.74, 6) is -1.20. The normalized spacial score (nSPS) is 17.2. The number of rotatable bonds is 6. The molecule has 1 unspecified atom stereocenters. The molecule has 0 aromatic carbocycles. The summed E-state index contributed by atoms with van der Waals surface area (Å²) in [6.07, 6.45) is 1.81. The molecule has 19 heavy (non-hydrogen) atoms. The molecule has 0 radical (unpaired) electrons. The zero-order chi connectivity index (χ0) is 14.6. The third-order valence-electron chi connectivity index (χ3n) is 3.50. The van der Waals surface area contributed by atoms with Crippen LogP contribution in [0.4, 0.5) is 4.79 Å². The van der Waals surface area contributed by atoms with Crippen molar-refractivity contribution in [2.75, 3.05) is 20.6 Å². The molecule has 0 aromatic heterocycles. The predicted octanol–water partition coefficient (Wildman–Crippen LogP) is 0.0172. The van der Waals surface area contributed by atoms with Crippen LogP contribution in [0.1, 0.15) is 26.2 Å². The van der Waals surface area contributed by atoms with Gasteiger partial charge in [-0.25, -0.2) is 9.59 Å². The minimum atomic E-state index is -1.22. The molecular weight excluding hydrogens is 250 g/mol. The predicted molar refractivity (Wildman–Crippen MR) is 68.6 cm³/mol. The maximum absolute atomic E-state index is 11.9. The van der Waals surface area contributed by atoms with Crippen LogP contribution in [0.15, 0.2) is 0 Å². The molecule has 7 heteroatoms. The van der Waals surface area contributed by atoms with E-state index in [0.717, 1.165) is 12.8 Å². The number of amides is 3. The molecule has 3 amide bonds. The van der Waals surface area contributed by atoms with E-state index in [-0.39, 0.29) is 24.8 Å². The van der Waals surface area contributed by atoms with Crippen LogP contribution in [0.25, 0.3) is 0 Å². The van der Waals surface area contributed by atoms with Gasteiger partial charge in [0, 0.05) is 27.1 Å². The van der Waals surface area contributed by atoms with Gasteiger partial charge in [-0.15, -0.1) is 0 Å². The molecule has 0 aliphatic heterocycles. The lowest BCUT2D eigenvalue weighted by molar-refractivity contribution is -0.144. The fourth-order valence-electron chi connectivity index (χ4n) is 1.80. The zero-order valence-corrected chi connectivity index (χ0v) is 11.5. The number of nitrogens with one attached hydrogen (secondary N) is 2. The van der Waals surface area contributed by atoms with Gasteiger partial charge < -0.3 is 20.6 Å². The molecule has 1 aliphatic rings. The van der Waals surface area contributed by atoms with Crippen molar-refractivity contribution in [2.24, 2.45) is 5.92 Å². The van der Waals surface area contributed by atoms with Crippen molar-refractivity contribution >= 4 is 17.9 Å². The molecule has 0 heterocycles. The Kier molecular flexibility index (Phi) is 4.74. The van der Waals surface area contributed by atoms with Crippen LogP contribution in [0.3, 0.4) is 0 Å². The first-order chi connectivity index (χ1) is 8.81. The summed E-state index contributed by atoms with van der Waals surface area (Å²) in [5, 5.41) is 14.2. The summed E-state index contributed by atoms with van der Waals surface area (Å²) in [5.41, 5.74) is -1.22. The highest BCUT2D eigenvalue weighted by molar-refractivity contribution is 5.86. The monoisotopic (exact) mass is 271 g/mol. The molecule has 1 atom stereocenters. The first-order valence-corrected chi connectivity index (χ1v) is 6.28. The molecule has 0 bridgehead atoms. The molecule has 108 valence electrons. The number of hydrogen-bond donors (Lipinski definition) is 3. The topological polar surface area (TPSA) is 98.7 Å². The van der Waals surface area contributed by atoms with E-state index in [1.165, 1.54) is 25.9 Å². The van der Waals surface area contributed by atoms with Gasteiger partial charge in [-0.2, -0.15) is 0 Å². The number of carbonyl (C=O) groups excluding carboxylic acids is 2. The summed E-state index contributed by atoms with van der Waals surface area (Å²) in [6, 6.07) is -0.472. The Hall–Kier alpha value is -1.79. The van der Waals surface area contributed by atoms with Gasteiger partial charge in [0.2, 0.25) is 5.91 Å². The third kappa shape index (κ3) is 3.84. The van der Waals surface area contributed by atoms with Crippen molar-refractivity contribution in [3.05, 3.63) is 0 Å². The first kappa shape index (κ1) is 15.3. The summed E-state index contributed by atoms with van der Waals surface area (Å²) in [4.78, 5) is 35.6. The van der Waals surface area contributed by atoms with Gasteiger partial charge in [-0.05, 0) is 25.7 Å². The summed E-state index contributed by atoms with van der Waals surface area (Å²) in [6.45, 7) is 1.77. The minimum absolute atomic E-state index is 0.0127. The number of carboxylic acids is 1. The second kappa shape index (κ2) is 5.90. The van der Waals surface area contributed by atoms with Gasteiger partial charge >= 0.3 is 12.0 Å². The van der Waals surface area contributed by atoms with Crippen molar-refractivity contribution in [3.63, 3.8) is 0 Å². The van der Waals surface area contributed by atoms with Crippen molar-refractivity contribution in [2.45, 2.75) is 31.7 Å². The fraction of sp³-hybridized carbons (Fsp3) is 0.750. The van der Waals surface area contributed by atoms with Crippen molar-refractivity contribution < 1.29 is 19.5 Å². The van der Waals surface area contributed by atoms with Crippen LogP contribution < -0.4 is 10.6 Å². The largest absolute Gasteiger partial charge is 0.480 e. The first-order valence-electron chi connectivity index (χ1n) is 6.28. The number of aliphatic carboxylic acids is 1. The van der Waals surface area contributed by atoms with E-state index in [4.69, 9.17) is 0 Å². The number of hydrogen-bond acceptors (Lipinski definition) is 3. The van der Waals surface area contributed by atoms with Crippen molar-refractivity contribution in [3.8, 4) is 0 Å². The van der Waals surface area contributed by atoms with Crippen LogP contribution in [-0.2, 0) is 9.59 Å². The van der Waals surface area contributed by atoms with Gasteiger partial charge in [0.1, 0.15) is 5.54 Å². The van der Waals surface area contributed by atoms with E-state index >= 15 is 0 Å². The van der Waals surface area contributed by atoms with Crippen LogP contribution in [-0.4, -0.2) is 54.1 Å². The quantitative estimate of drug-likeness (QED) is 0.634. The Morgan fingerprint density at radius 1 is 1.37 bits per heavy atom. The maximum atomic E-state index is 11.9. The van der Waals surface area contributed by atoms with Crippen LogP contribution in [0, 0.1) is 5.92 Å². The average molecular weight is 271 g/mol. The lowest BCUT2D eigenvalue weighted by atomic mass is 9.96. The molecule has 7 nitrogen and oxygen atoms in total. The van der Waals surface area contributed by atoms with Crippen molar-refractivity contribution in [1.29, 1.82) is 0 Å². The second-order valence-electron chi connectivity index (χ2n) is 5.06. The van der Waals surface area contributed by atoms with E-state index < -0.39 is 17.5 Å². The molecule has 1 aliphatic carbocycles. The second-order valence-corrected chi connectivity index (χ2v) is 5.06. The van der Waals surface area contributed by atoms with Crippen LogP contribution >= 0.6 is 0 Å². The molecule has 1 saturated carbocycles. The Morgan fingerprint density at radius 2 is 1.95 bits per heavy atom. The molecule has 0 aromatic rings. The summed E-state index contributed by atoms with van der Waals surface area (Å²) in [7, 11) is 3.06. The highest BCUT2D eigenvalue weighted by atomic mass is 16.4. The Morgan fingerprint density at radius 3 is 2.37 bits per heavy atom. The molecule has 0 spiro atoms. The molecule has 1 fully saturated rings. The van der Waals surface area contributed by atoms with E-state index in [2.05, 4.69) is 10.6 Å². The molecule has 3 N–H and O–H groups in total. The molecular formula is C12H21N3O4. The van der Waals surface area contributed by atoms with Gasteiger partial charge in [-0.3, -0.25) is 4.79 Å². The number of carbonyl (C=O) groups is 3. The van der Waals surface area contributed by atoms with Crippen molar-refractivity contribution in [1.82, 2.24) is 15.5 Å². The van der Waals surface area contributed by atoms with Crippen LogP contribution in [0.5, 0.6) is 0 Å². The molecule has 1 rings (SSSR count). The van der Waals surface area contributed by atoms with E-state index in [1.807, 2.05) is 0 Å². The van der Waals surface area contributed by atoms with Gasteiger partial charge in [-0.1, -0.05) is 0 Å². The van der Waals surface area contributed by atoms with Gasteiger partial charge in [0.05, 0.1) is 0 Å². The average Bonchev–Trinajstić information content (AvgIpc) is 3.19. The van der Waals surface area contributed by atoms with Gasteiger partial charge in [0.15, 0.2) is 0 Å². The number of carboxylic acid groups (broad SMARTS) is 1. The summed E-state index contributed by atoms with van der Waals surface area (Å²) >= 11 is 0. The zero-order valence-electron chi connectivity index (χ0n) is 11.5. The highest BCUT2D eigenvalue weighted by Crippen LogP contribution is 2.39. The Bertz CT molecular complexity index is 381. The lowest BCUT2D eigenvalue weighted by Crippen LogP contribution is -2.57. The highest BCUT2D eigenvalue weighted by Gasteiger charge is 2.48. The van der Waals surface area contributed by atoms with E-state index in [1.54, 1.807) is 0 Å². The van der Waals surface area contributed by atoms with Crippen LogP contribution in [0.2, 0.25) is 0 Å². The lowest BCUT2D eigenvalue weighted by Gasteiger charge is -2.29. The Balaban J connectivity index is 2.52. The summed E-state index contributed by atoms with van der Waals surface area (Å²) < 4.78 is 0. The smallest absolute Gasteiger partial charge is 0.329 e. The number of nitrogens with zero attached hydrogens (tertiary/aromatic N) is 1. The standard InChI is InChI=1S/C12H21N3O4/c1-12(10(17)18,8-4-5-8)14-11(19)15(3)7-6-9(16)13-2/h8H,4-7H2,1-3H3,(H,13,16)(H,14,19)(H,17,18). The number of urea groups is 1. The fourth-order valence-corrected chi connectivity index (χ4v) is 1.80. The van der Waals surface area contributed by atoms with E-state index in [0.29, 0.717) is 0 Å². The maximum Gasteiger partial charge on any atom is 0.329 e. The molecule has 0 saturated heterocycles. The SMILES string of the molecule is CNC(=O)CCN(C)C(=O)NC(C)(C(=O)O)C1CC1. The van der Waals surface area contributed by atoms with E-state index in [9.17, 15) is 19.5 Å². The Labute approximate surface area is 112 Å². The van der Waals surface area contributed by atoms with Gasteiger partial charge in [0.25, 0.3) is 0 Å².